The van der Waals surface area contributed by atoms with Crippen molar-refractivity contribution in [3.8, 4) is 0 Å². The number of hydrogen-bond donors (Lipinski definition) is 0. The highest BCUT2D eigenvalue weighted by Gasteiger charge is 2.30. The van der Waals surface area contributed by atoms with E-state index in [0.29, 0.717) is 18.9 Å². The number of aromatic nitrogens is 3. The molecular formula is C24H22N6O2. The first-order chi connectivity index (χ1) is 15.6. The van der Waals surface area contributed by atoms with Gasteiger partial charge in [-0.3, -0.25) is 10.1 Å². The van der Waals surface area contributed by atoms with Crippen LogP contribution < -0.4 is 9.80 Å². The standard InChI is InChI=1S/C24H22N6O2/c1-28(16-19-10-4-2-5-11-19)23-22(30(31)32)24(27-18-26-23)29(21-14-8-9-15-25-21)17-20-12-6-3-7-13-20/h2-15,18H,16-17H2,1H3. The Morgan fingerprint density at radius 1 is 0.781 bits per heavy atom. The van der Waals surface area contributed by atoms with E-state index >= 15 is 0 Å². The minimum atomic E-state index is -0.424. The molecule has 8 nitrogen and oxygen atoms in total. The summed E-state index contributed by atoms with van der Waals surface area (Å²) in [4.78, 5) is 28.3. The first-order valence-corrected chi connectivity index (χ1v) is 10.1. The summed E-state index contributed by atoms with van der Waals surface area (Å²) in [6.07, 6.45) is 3.02. The van der Waals surface area contributed by atoms with Gasteiger partial charge in [0.05, 0.1) is 11.5 Å². The highest BCUT2D eigenvalue weighted by Crippen LogP contribution is 2.37. The Bertz CT molecular complexity index is 1170. The number of nitrogens with zero attached hydrogens (tertiary/aromatic N) is 6. The Balaban J connectivity index is 1.79. The first kappa shape index (κ1) is 20.9. The molecule has 0 N–H and O–H groups in total. The molecule has 32 heavy (non-hydrogen) atoms. The fourth-order valence-electron chi connectivity index (χ4n) is 3.48. The molecule has 0 spiro atoms. The largest absolute Gasteiger partial charge is 0.354 e. The lowest BCUT2D eigenvalue weighted by molar-refractivity contribution is -0.383. The Morgan fingerprint density at radius 3 is 1.97 bits per heavy atom. The zero-order chi connectivity index (χ0) is 22.3. The number of hydrogen-bond acceptors (Lipinski definition) is 7. The number of anilines is 3. The van der Waals surface area contributed by atoms with Crippen LogP contribution in [0.1, 0.15) is 11.1 Å². The summed E-state index contributed by atoms with van der Waals surface area (Å²) in [6.45, 7) is 0.845. The molecule has 0 fully saturated rings. The van der Waals surface area contributed by atoms with Crippen LogP contribution in [0.15, 0.2) is 91.4 Å². The monoisotopic (exact) mass is 426 g/mol. The lowest BCUT2D eigenvalue weighted by Crippen LogP contribution is -2.24. The summed E-state index contributed by atoms with van der Waals surface area (Å²) >= 11 is 0. The fourth-order valence-corrected chi connectivity index (χ4v) is 3.48. The summed E-state index contributed by atoms with van der Waals surface area (Å²) in [7, 11) is 1.79. The minimum absolute atomic E-state index is 0.160. The molecule has 0 aliphatic rings. The molecular weight excluding hydrogens is 404 g/mol. The second-order valence-electron chi connectivity index (χ2n) is 7.23. The van der Waals surface area contributed by atoms with E-state index in [4.69, 9.17) is 0 Å². The van der Waals surface area contributed by atoms with Gasteiger partial charge in [0, 0.05) is 19.8 Å². The van der Waals surface area contributed by atoms with Crippen LogP contribution in [-0.4, -0.2) is 26.9 Å². The van der Waals surface area contributed by atoms with Gasteiger partial charge in [-0.05, 0) is 23.3 Å². The summed E-state index contributed by atoms with van der Waals surface area (Å²) in [5.41, 5.74) is 1.84. The van der Waals surface area contributed by atoms with E-state index in [2.05, 4.69) is 15.0 Å². The predicted molar refractivity (Wildman–Crippen MR) is 124 cm³/mol. The van der Waals surface area contributed by atoms with Gasteiger partial charge in [-0.1, -0.05) is 66.7 Å². The Hall–Kier alpha value is -4.33. The van der Waals surface area contributed by atoms with Gasteiger partial charge < -0.3 is 9.80 Å². The van der Waals surface area contributed by atoms with E-state index in [1.807, 2.05) is 72.8 Å². The van der Waals surface area contributed by atoms with Crippen LogP contribution in [0, 0.1) is 10.1 Å². The average Bonchev–Trinajstić information content (AvgIpc) is 2.84. The van der Waals surface area contributed by atoms with Crippen molar-refractivity contribution in [3.05, 3.63) is 113 Å². The quantitative estimate of drug-likeness (QED) is 0.297. The maximum Gasteiger partial charge on any atom is 0.354 e. The van der Waals surface area contributed by atoms with Crippen molar-refractivity contribution >= 4 is 23.1 Å². The zero-order valence-electron chi connectivity index (χ0n) is 17.6. The first-order valence-electron chi connectivity index (χ1n) is 10.1. The third-order valence-corrected chi connectivity index (χ3v) is 4.96. The second-order valence-corrected chi connectivity index (χ2v) is 7.23. The van der Waals surface area contributed by atoms with Crippen molar-refractivity contribution < 1.29 is 4.92 Å². The molecule has 0 aliphatic carbocycles. The lowest BCUT2D eigenvalue weighted by Gasteiger charge is -2.25. The summed E-state index contributed by atoms with van der Waals surface area (Å²) in [5, 5.41) is 12.2. The zero-order valence-corrected chi connectivity index (χ0v) is 17.6. The molecule has 0 bridgehead atoms. The molecule has 160 valence electrons. The molecule has 4 rings (SSSR count). The number of pyridine rings is 1. The fraction of sp³-hybridized carbons (Fsp3) is 0.125. The molecule has 2 heterocycles. The highest BCUT2D eigenvalue weighted by atomic mass is 16.6. The SMILES string of the molecule is CN(Cc1ccccc1)c1ncnc(N(Cc2ccccc2)c2ccccn2)c1[N+](=O)[O-]. The molecule has 2 aromatic carbocycles. The van der Waals surface area contributed by atoms with Gasteiger partial charge in [-0.2, -0.15) is 0 Å². The molecule has 0 radical (unpaired) electrons. The van der Waals surface area contributed by atoms with Crippen molar-refractivity contribution in [1.82, 2.24) is 15.0 Å². The van der Waals surface area contributed by atoms with Crippen molar-refractivity contribution in [3.63, 3.8) is 0 Å². The molecule has 8 heteroatoms. The van der Waals surface area contributed by atoms with E-state index in [-0.39, 0.29) is 17.3 Å². The van der Waals surface area contributed by atoms with Crippen molar-refractivity contribution in [1.29, 1.82) is 0 Å². The van der Waals surface area contributed by atoms with Crippen molar-refractivity contribution in [2.75, 3.05) is 16.8 Å². The van der Waals surface area contributed by atoms with Gasteiger partial charge in [0.1, 0.15) is 12.1 Å². The van der Waals surface area contributed by atoms with Gasteiger partial charge in [-0.15, -0.1) is 0 Å². The van der Waals surface area contributed by atoms with Gasteiger partial charge >= 0.3 is 5.69 Å². The maximum atomic E-state index is 12.2. The van der Waals surface area contributed by atoms with Crippen LogP contribution in [0.5, 0.6) is 0 Å². The Labute approximate surface area is 186 Å². The molecule has 0 saturated heterocycles. The van der Waals surface area contributed by atoms with Gasteiger partial charge in [0.25, 0.3) is 0 Å². The number of rotatable bonds is 8. The maximum absolute atomic E-state index is 12.2. The third-order valence-electron chi connectivity index (χ3n) is 4.96. The molecule has 4 aromatic rings. The van der Waals surface area contributed by atoms with E-state index in [1.54, 1.807) is 29.1 Å². The molecule has 0 aliphatic heterocycles. The molecule has 0 unspecified atom stereocenters. The normalized spacial score (nSPS) is 10.5. The summed E-state index contributed by atoms with van der Waals surface area (Å²) in [6, 6.07) is 24.9. The highest BCUT2D eigenvalue weighted by molar-refractivity contribution is 5.75. The molecule has 0 atom stereocenters. The molecule has 0 saturated carbocycles. The van der Waals surface area contributed by atoms with Crippen molar-refractivity contribution in [2.45, 2.75) is 13.1 Å². The van der Waals surface area contributed by atoms with Gasteiger partial charge in [-0.25, -0.2) is 15.0 Å². The van der Waals surface area contributed by atoms with E-state index in [0.717, 1.165) is 11.1 Å². The van der Waals surface area contributed by atoms with Crippen LogP contribution in [0.2, 0.25) is 0 Å². The number of benzene rings is 2. The second kappa shape index (κ2) is 9.65. The lowest BCUT2D eigenvalue weighted by atomic mass is 10.2. The smallest absolute Gasteiger partial charge is 0.349 e. The van der Waals surface area contributed by atoms with E-state index < -0.39 is 4.92 Å². The van der Waals surface area contributed by atoms with Crippen LogP contribution in [0.25, 0.3) is 0 Å². The average molecular weight is 426 g/mol. The molecule has 2 aromatic heterocycles. The predicted octanol–water partition coefficient (Wildman–Crippen LogP) is 4.75. The van der Waals surface area contributed by atoms with Gasteiger partial charge in [0.2, 0.25) is 11.6 Å². The third kappa shape index (κ3) is 4.70. The minimum Gasteiger partial charge on any atom is -0.349 e. The number of nitro groups is 1. The van der Waals surface area contributed by atoms with E-state index in [9.17, 15) is 10.1 Å². The van der Waals surface area contributed by atoms with Crippen LogP contribution >= 0.6 is 0 Å². The van der Waals surface area contributed by atoms with E-state index in [1.165, 1.54) is 6.33 Å². The Kier molecular flexibility index (Phi) is 6.31. The van der Waals surface area contributed by atoms with Gasteiger partial charge in [0.15, 0.2) is 0 Å². The summed E-state index contributed by atoms with van der Waals surface area (Å²) < 4.78 is 0. The van der Waals surface area contributed by atoms with Crippen molar-refractivity contribution in [2.24, 2.45) is 0 Å². The Morgan fingerprint density at radius 2 is 1.38 bits per heavy atom. The van der Waals surface area contributed by atoms with Crippen LogP contribution in [-0.2, 0) is 13.1 Å². The molecule has 0 amide bonds. The van der Waals surface area contributed by atoms with Crippen LogP contribution in [0.4, 0.5) is 23.1 Å². The summed E-state index contributed by atoms with van der Waals surface area (Å²) in [5.74, 6) is 1.01. The topological polar surface area (TPSA) is 88.3 Å². The van der Waals surface area contributed by atoms with Crippen LogP contribution in [0.3, 0.4) is 0 Å².